The summed E-state index contributed by atoms with van der Waals surface area (Å²) < 4.78 is 13.7. The second kappa shape index (κ2) is 9.29. The molecule has 0 fully saturated rings. The number of carbonyl (C=O) groups excluding carboxylic acids is 1. The maximum atomic E-state index is 13.7. The van der Waals surface area contributed by atoms with Crippen LogP contribution in [0.3, 0.4) is 0 Å². The number of hydrogen-bond donors (Lipinski definition) is 3. The van der Waals surface area contributed by atoms with Gasteiger partial charge in [-0.15, -0.1) is 0 Å². The average Bonchev–Trinajstić information content (AvgIpc) is 3.13. The molecule has 0 atom stereocenters. The summed E-state index contributed by atoms with van der Waals surface area (Å²) in [6.07, 6.45) is 7.86. The molecule has 8 heteroatoms. The van der Waals surface area contributed by atoms with Crippen molar-refractivity contribution in [3.63, 3.8) is 0 Å². The van der Waals surface area contributed by atoms with Crippen molar-refractivity contribution in [3.8, 4) is 22.5 Å². The van der Waals surface area contributed by atoms with Crippen LogP contribution in [0.4, 0.5) is 10.2 Å². The average molecular weight is 409 g/mol. The molecule has 6 nitrogen and oxygen atoms in total. The van der Waals surface area contributed by atoms with Gasteiger partial charge in [0, 0.05) is 23.5 Å². The molecule has 148 valence electrons. The molecule has 0 aliphatic heterocycles. The summed E-state index contributed by atoms with van der Waals surface area (Å²) in [7, 11) is 0. The number of aryl methyl sites for hydroxylation is 1. The Morgan fingerprint density at radius 1 is 1.31 bits per heavy atom. The van der Waals surface area contributed by atoms with Crippen molar-refractivity contribution in [2.75, 3.05) is 17.3 Å². The van der Waals surface area contributed by atoms with Crippen molar-refractivity contribution < 1.29 is 9.18 Å². The summed E-state index contributed by atoms with van der Waals surface area (Å²) in [6.45, 7) is 1.70. The van der Waals surface area contributed by atoms with Gasteiger partial charge in [0.05, 0.1) is 17.1 Å². The molecule has 3 aromatic rings. The van der Waals surface area contributed by atoms with Crippen LogP contribution in [-0.2, 0) is 4.79 Å². The number of rotatable bonds is 7. The van der Waals surface area contributed by atoms with Gasteiger partial charge in [0.2, 0.25) is 5.91 Å². The maximum absolute atomic E-state index is 13.7. The van der Waals surface area contributed by atoms with Gasteiger partial charge in [0.25, 0.3) is 0 Å². The lowest BCUT2D eigenvalue weighted by Crippen LogP contribution is -2.14. The quantitative estimate of drug-likeness (QED) is 0.499. The number of thioether (sulfide) groups is 1. The number of hydrogen-bond acceptors (Lipinski definition) is 5. The lowest BCUT2D eigenvalue weighted by molar-refractivity contribution is -0.113. The van der Waals surface area contributed by atoms with Crippen molar-refractivity contribution in [3.05, 3.63) is 59.8 Å². The predicted molar refractivity (Wildman–Crippen MR) is 117 cm³/mol. The highest BCUT2D eigenvalue weighted by Gasteiger charge is 2.15. The van der Waals surface area contributed by atoms with E-state index in [1.54, 1.807) is 43.5 Å². The molecule has 0 unspecified atom stereocenters. The van der Waals surface area contributed by atoms with Crippen LogP contribution in [-0.4, -0.2) is 39.1 Å². The van der Waals surface area contributed by atoms with E-state index < -0.39 is 0 Å². The Labute approximate surface area is 172 Å². The number of amides is 1. The fourth-order valence-corrected chi connectivity index (χ4v) is 3.12. The van der Waals surface area contributed by atoms with E-state index in [2.05, 4.69) is 20.3 Å². The number of aromatic amines is 1. The SMILES string of the molecule is CSCC(=O)Nc1cc(-c2[nH]c(/C=C\C=N)nc2-c2ccc(F)c(C)c2)ccn1. The monoisotopic (exact) mass is 409 g/mol. The fraction of sp³-hybridized carbons (Fsp3) is 0.143. The van der Waals surface area contributed by atoms with Crippen LogP contribution in [0.15, 0.2) is 42.6 Å². The zero-order valence-corrected chi connectivity index (χ0v) is 16.8. The van der Waals surface area contributed by atoms with Gasteiger partial charge in [0.15, 0.2) is 0 Å². The first kappa shape index (κ1) is 20.5. The Morgan fingerprint density at radius 3 is 2.86 bits per heavy atom. The third kappa shape index (κ3) is 4.97. The molecule has 0 aliphatic carbocycles. The molecule has 0 radical (unpaired) electrons. The number of nitrogens with zero attached hydrogens (tertiary/aromatic N) is 2. The Morgan fingerprint density at radius 2 is 2.14 bits per heavy atom. The summed E-state index contributed by atoms with van der Waals surface area (Å²) in [5.74, 6) is 0.932. The number of anilines is 1. The Hall–Kier alpha value is -3.26. The number of imidazole rings is 1. The summed E-state index contributed by atoms with van der Waals surface area (Å²) in [4.78, 5) is 23.9. The molecule has 0 bridgehead atoms. The zero-order chi connectivity index (χ0) is 20.8. The highest BCUT2D eigenvalue weighted by Crippen LogP contribution is 2.32. The van der Waals surface area contributed by atoms with Gasteiger partial charge >= 0.3 is 0 Å². The maximum Gasteiger partial charge on any atom is 0.235 e. The van der Waals surface area contributed by atoms with E-state index in [1.165, 1.54) is 17.8 Å². The van der Waals surface area contributed by atoms with Gasteiger partial charge < -0.3 is 15.7 Å². The van der Waals surface area contributed by atoms with Gasteiger partial charge in [-0.2, -0.15) is 11.8 Å². The third-order valence-electron chi connectivity index (χ3n) is 4.10. The van der Waals surface area contributed by atoms with Gasteiger partial charge in [0.1, 0.15) is 17.5 Å². The fourth-order valence-electron chi connectivity index (χ4n) is 2.78. The minimum absolute atomic E-state index is 0.129. The summed E-state index contributed by atoms with van der Waals surface area (Å²) in [5.41, 5.74) is 3.41. The van der Waals surface area contributed by atoms with Crippen LogP contribution in [0, 0.1) is 18.2 Å². The van der Waals surface area contributed by atoms with Crippen LogP contribution < -0.4 is 5.32 Å². The number of pyridine rings is 1. The van der Waals surface area contributed by atoms with Gasteiger partial charge in [-0.05, 0) is 61.2 Å². The molecule has 0 aliphatic rings. The first-order valence-electron chi connectivity index (χ1n) is 8.80. The zero-order valence-electron chi connectivity index (χ0n) is 16.0. The van der Waals surface area contributed by atoms with E-state index in [-0.39, 0.29) is 11.7 Å². The van der Waals surface area contributed by atoms with E-state index in [0.717, 1.165) is 17.3 Å². The third-order valence-corrected chi connectivity index (χ3v) is 4.65. The van der Waals surface area contributed by atoms with Crippen molar-refractivity contribution in [2.24, 2.45) is 0 Å². The van der Waals surface area contributed by atoms with Crippen molar-refractivity contribution in [2.45, 2.75) is 6.92 Å². The van der Waals surface area contributed by atoms with Crippen molar-refractivity contribution in [1.29, 1.82) is 5.41 Å². The highest BCUT2D eigenvalue weighted by atomic mass is 32.2. The molecule has 0 saturated carbocycles. The second-order valence-corrected chi connectivity index (χ2v) is 7.11. The van der Waals surface area contributed by atoms with E-state index in [9.17, 15) is 9.18 Å². The molecular weight excluding hydrogens is 389 g/mol. The van der Waals surface area contributed by atoms with E-state index >= 15 is 0 Å². The first-order valence-corrected chi connectivity index (χ1v) is 10.2. The predicted octanol–water partition coefficient (Wildman–Crippen LogP) is 4.55. The normalized spacial score (nSPS) is 11.0. The van der Waals surface area contributed by atoms with Gasteiger partial charge in [-0.1, -0.05) is 0 Å². The summed E-state index contributed by atoms with van der Waals surface area (Å²) in [5, 5.41) is 9.95. The Balaban J connectivity index is 2.07. The van der Waals surface area contributed by atoms with E-state index in [4.69, 9.17) is 5.41 Å². The Bertz CT molecular complexity index is 1080. The molecule has 2 heterocycles. The highest BCUT2D eigenvalue weighted by molar-refractivity contribution is 7.99. The number of H-pyrrole nitrogens is 1. The number of carbonyl (C=O) groups is 1. The second-order valence-electron chi connectivity index (χ2n) is 6.25. The van der Waals surface area contributed by atoms with Crippen LogP contribution in [0.1, 0.15) is 11.4 Å². The van der Waals surface area contributed by atoms with Gasteiger partial charge in [-0.25, -0.2) is 14.4 Å². The van der Waals surface area contributed by atoms with Crippen LogP contribution in [0.2, 0.25) is 0 Å². The molecular formula is C21H20FN5OS. The summed E-state index contributed by atoms with van der Waals surface area (Å²) >= 11 is 1.43. The van der Waals surface area contributed by atoms with Crippen LogP contribution >= 0.6 is 11.8 Å². The molecule has 3 N–H and O–H groups in total. The Kier molecular flexibility index (Phi) is 6.56. The number of aromatic nitrogens is 3. The molecule has 3 rings (SSSR count). The van der Waals surface area contributed by atoms with E-state index in [0.29, 0.717) is 34.3 Å². The minimum atomic E-state index is -0.280. The first-order chi connectivity index (χ1) is 14.0. The van der Waals surface area contributed by atoms with Crippen molar-refractivity contribution in [1.82, 2.24) is 15.0 Å². The lowest BCUT2D eigenvalue weighted by Gasteiger charge is -2.07. The number of nitrogens with one attached hydrogen (secondary N) is 3. The minimum Gasteiger partial charge on any atom is -0.338 e. The van der Waals surface area contributed by atoms with Gasteiger partial charge in [-0.3, -0.25) is 4.79 Å². The molecule has 0 spiro atoms. The molecule has 2 aromatic heterocycles. The molecule has 29 heavy (non-hydrogen) atoms. The lowest BCUT2D eigenvalue weighted by atomic mass is 10.0. The molecule has 0 saturated heterocycles. The topological polar surface area (TPSA) is 94.5 Å². The molecule has 1 aromatic carbocycles. The number of benzene rings is 1. The number of allylic oxidation sites excluding steroid dienone is 1. The number of halogens is 1. The van der Waals surface area contributed by atoms with Crippen LogP contribution in [0.5, 0.6) is 0 Å². The largest absolute Gasteiger partial charge is 0.338 e. The summed E-state index contributed by atoms with van der Waals surface area (Å²) in [6, 6.07) is 8.39. The molecule has 1 amide bonds. The standard InChI is InChI=1S/C21H20FN5OS/c1-13-10-14(5-6-16(13)22)20-21(27-17(26-20)4-3-8-23)15-7-9-24-18(11-15)25-19(28)12-29-2/h3-11,23H,12H2,1-2H3,(H,26,27)(H,24,25,28)/b4-3-,23-8?. The van der Waals surface area contributed by atoms with E-state index in [1.807, 2.05) is 12.3 Å². The van der Waals surface area contributed by atoms with Crippen molar-refractivity contribution >= 4 is 35.8 Å². The van der Waals surface area contributed by atoms with Crippen LogP contribution in [0.25, 0.3) is 28.6 Å². The smallest absolute Gasteiger partial charge is 0.235 e.